The molecule has 1 aromatic rings. The van der Waals surface area contributed by atoms with Crippen molar-refractivity contribution in [2.24, 2.45) is 5.92 Å². The standard InChI is InChI=1S/C18H27N3O3S/c1-3-9-20-11-14-7-8-16(20)13-21(12-14)25(23,24)17-6-4-5-15(10-17)18(22)19-2/h4-6,10,14,16H,3,7-9,11-13H2,1-2H3,(H,19,22)/t14-,16-/m1/s1. The van der Waals surface area contributed by atoms with E-state index in [1.807, 2.05) is 0 Å². The van der Waals surface area contributed by atoms with Crippen LogP contribution in [0.5, 0.6) is 0 Å². The molecule has 2 bridgehead atoms. The van der Waals surface area contributed by atoms with E-state index < -0.39 is 10.0 Å². The van der Waals surface area contributed by atoms with Gasteiger partial charge in [-0.25, -0.2) is 8.42 Å². The van der Waals surface area contributed by atoms with E-state index in [4.69, 9.17) is 0 Å². The molecule has 3 aliphatic rings. The zero-order valence-electron chi connectivity index (χ0n) is 14.9. The summed E-state index contributed by atoms with van der Waals surface area (Å²) in [7, 11) is -2.05. The minimum atomic E-state index is -3.59. The summed E-state index contributed by atoms with van der Waals surface area (Å²) in [5, 5.41) is 2.54. The van der Waals surface area contributed by atoms with Crippen LogP contribution in [-0.2, 0) is 10.0 Å². The van der Waals surface area contributed by atoms with Gasteiger partial charge in [0.25, 0.3) is 5.91 Å². The van der Waals surface area contributed by atoms with Gasteiger partial charge < -0.3 is 5.32 Å². The van der Waals surface area contributed by atoms with Gasteiger partial charge in [-0.15, -0.1) is 0 Å². The molecule has 0 saturated carbocycles. The molecule has 0 radical (unpaired) electrons. The van der Waals surface area contributed by atoms with Crippen molar-refractivity contribution >= 4 is 15.9 Å². The van der Waals surface area contributed by atoms with Crippen molar-refractivity contribution in [1.29, 1.82) is 0 Å². The summed E-state index contributed by atoms with van der Waals surface area (Å²) in [6, 6.07) is 6.62. The van der Waals surface area contributed by atoms with Crippen molar-refractivity contribution in [3.05, 3.63) is 29.8 Å². The van der Waals surface area contributed by atoms with Crippen molar-refractivity contribution in [2.75, 3.05) is 33.2 Å². The number of rotatable bonds is 5. The molecular weight excluding hydrogens is 338 g/mol. The third kappa shape index (κ3) is 3.73. The zero-order valence-corrected chi connectivity index (χ0v) is 15.8. The lowest BCUT2D eigenvalue weighted by atomic mass is 9.95. The lowest BCUT2D eigenvalue weighted by Crippen LogP contribution is -2.44. The second-order valence-electron chi connectivity index (χ2n) is 7.02. The smallest absolute Gasteiger partial charge is 0.251 e. The Morgan fingerprint density at radius 3 is 2.76 bits per heavy atom. The Bertz CT molecular complexity index is 735. The van der Waals surface area contributed by atoms with Gasteiger partial charge in [0.1, 0.15) is 0 Å². The van der Waals surface area contributed by atoms with Crippen molar-refractivity contribution in [3.8, 4) is 0 Å². The molecule has 25 heavy (non-hydrogen) atoms. The average Bonchev–Trinajstić information content (AvgIpc) is 2.94. The van der Waals surface area contributed by atoms with Crippen molar-refractivity contribution in [1.82, 2.24) is 14.5 Å². The molecule has 0 spiro atoms. The molecule has 2 atom stereocenters. The fraction of sp³-hybridized carbons (Fsp3) is 0.611. The highest BCUT2D eigenvalue weighted by molar-refractivity contribution is 7.89. The van der Waals surface area contributed by atoms with Crippen LogP contribution in [0, 0.1) is 5.92 Å². The van der Waals surface area contributed by atoms with Crippen molar-refractivity contribution in [3.63, 3.8) is 0 Å². The van der Waals surface area contributed by atoms with E-state index in [-0.39, 0.29) is 10.8 Å². The van der Waals surface area contributed by atoms with E-state index in [1.54, 1.807) is 22.5 Å². The van der Waals surface area contributed by atoms with Crippen molar-refractivity contribution < 1.29 is 13.2 Å². The van der Waals surface area contributed by atoms with Gasteiger partial charge in [-0.1, -0.05) is 13.0 Å². The SMILES string of the molecule is CCCN1C[C@H]2CC[C@@H]1CN(S(=O)(=O)c1cccc(C(=O)NC)c1)C2. The molecule has 6 nitrogen and oxygen atoms in total. The number of hydrogen-bond acceptors (Lipinski definition) is 4. The Hall–Kier alpha value is -1.44. The maximum atomic E-state index is 13.2. The Kier molecular flexibility index (Phi) is 5.46. The van der Waals surface area contributed by atoms with Crippen LogP contribution in [-0.4, -0.2) is 62.8 Å². The maximum Gasteiger partial charge on any atom is 0.251 e. The molecule has 3 aliphatic heterocycles. The lowest BCUT2D eigenvalue weighted by molar-refractivity contribution is 0.0963. The number of carbonyl (C=O) groups excluding carboxylic acids is 1. The van der Waals surface area contributed by atoms with E-state index >= 15 is 0 Å². The van der Waals surface area contributed by atoms with Gasteiger partial charge in [0.05, 0.1) is 4.90 Å². The minimum Gasteiger partial charge on any atom is -0.355 e. The highest BCUT2D eigenvalue weighted by Crippen LogP contribution is 2.31. The number of benzene rings is 1. The molecule has 0 aliphatic carbocycles. The number of amides is 1. The van der Waals surface area contributed by atoms with Crippen LogP contribution in [0.1, 0.15) is 36.5 Å². The number of fused-ring (bicyclic) bond motifs is 4. The fourth-order valence-electron chi connectivity index (χ4n) is 3.98. The fourth-order valence-corrected chi connectivity index (χ4v) is 5.58. The third-order valence-electron chi connectivity index (χ3n) is 5.27. The molecule has 0 aromatic heterocycles. The number of hydrogen-bond donors (Lipinski definition) is 1. The zero-order chi connectivity index (χ0) is 18.0. The normalized spacial score (nSPS) is 24.9. The van der Waals surface area contributed by atoms with Crippen LogP contribution in [0.25, 0.3) is 0 Å². The van der Waals surface area contributed by atoms with Crippen LogP contribution in [0.3, 0.4) is 0 Å². The van der Waals surface area contributed by atoms with Crippen molar-refractivity contribution in [2.45, 2.75) is 37.1 Å². The molecule has 138 valence electrons. The van der Waals surface area contributed by atoms with E-state index in [2.05, 4.69) is 17.1 Å². The van der Waals surface area contributed by atoms with Gasteiger partial charge in [-0.05, 0) is 49.9 Å². The van der Waals surface area contributed by atoms with E-state index in [9.17, 15) is 13.2 Å². The summed E-state index contributed by atoms with van der Waals surface area (Å²) >= 11 is 0. The summed E-state index contributed by atoms with van der Waals surface area (Å²) in [4.78, 5) is 14.5. The average molecular weight is 365 g/mol. The van der Waals surface area contributed by atoms with Gasteiger partial charge in [0.15, 0.2) is 0 Å². The molecule has 0 unspecified atom stereocenters. The second-order valence-corrected chi connectivity index (χ2v) is 8.96. The Morgan fingerprint density at radius 2 is 2.04 bits per heavy atom. The molecule has 1 amide bonds. The highest BCUT2D eigenvalue weighted by Gasteiger charge is 2.39. The first kappa shape index (κ1) is 18.4. The van der Waals surface area contributed by atoms with Gasteiger partial charge in [0, 0.05) is 38.3 Å². The van der Waals surface area contributed by atoms with Crippen LogP contribution < -0.4 is 5.32 Å². The van der Waals surface area contributed by atoms with E-state index in [0.717, 1.165) is 32.4 Å². The van der Waals surface area contributed by atoms with E-state index in [0.29, 0.717) is 30.6 Å². The minimum absolute atomic E-state index is 0.206. The number of sulfonamides is 1. The van der Waals surface area contributed by atoms with Crippen LogP contribution in [0.15, 0.2) is 29.2 Å². The molecule has 3 saturated heterocycles. The predicted molar refractivity (Wildman–Crippen MR) is 97.0 cm³/mol. The molecule has 1 N–H and O–H groups in total. The molecule has 7 heteroatoms. The summed E-state index contributed by atoms with van der Waals surface area (Å²) in [6.45, 7) is 5.30. The third-order valence-corrected chi connectivity index (χ3v) is 7.09. The molecule has 1 aromatic carbocycles. The van der Waals surface area contributed by atoms with Gasteiger partial charge >= 0.3 is 0 Å². The summed E-state index contributed by atoms with van der Waals surface area (Å²) in [5.41, 5.74) is 0.369. The van der Waals surface area contributed by atoms with Crippen LogP contribution in [0.2, 0.25) is 0 Å². The maximum absolute atomic E-state index is 13.2. The molecular formula is C18H27N3O3S. The number of piperidine rings is 1. The van der Waals surface area contributed by atoms with Crippen LogP contribution in [0.4, 0.5) is 0 Å². The Morgan fingerprint density at radius 1 is 1.24 bits per heavy atom. The van der Waals surface area contributed by atoms with Gasteiger partial charge in [0.2, 0.25) is 10.0 Å². The topological polar surface area (TPSA) is 69.7 Å². The molecule has 4 rings (SSSR count). The largest absolute Gasteiger partial charge is 0.355 e. The summed E-state index contributed by atoms with van der Waals surface area (Å²) in [6.07, 6.45) is 3.24. The van der Waals surface area contributed by atoms with Gasteiger partial charge in [-0.3, -0.25) is 9.69 Å². The summed E-state index contributed by atoms with van der Waals surface area (Å²) in [5.74, 6) is 0.115. The first-order chi connectivity index (χ1) is 12.0. The lowest BCUT2D eigenvalue weighted by Gasteiger charge is -2.35. The first-order valence-electron chi connectivity index (χ1n) is 9.02. The quantitative estimate of drug-likeness (QED) is 0.859. The Labute approximate surface area is 150 Å². The van der Waals surface area contributed by atoms with Gasteiger partial charge in [-0.2, -0.15) is 4.31 Å². The first-order valence-corrected chi connectivity index (χ1v) is 10.5. The second kappa shape index (κ2) is 7.43. The summed E-state index contributed by atoms with van der Waals surface area (Å²) < 4.78 is 28.0. The monoisotopic (exact) mass is 365 g/mol. The highest BCUT2D eigenvalue weighted by atomic mass is 32.2. The number of nitrogens with one attached hydrogen (secondary N) is 1. The number of nitrogens with zero attached hydrogens (tertiary/aromatic N) is 2. The van der Waals surface area contributed by atoms with Crippen LogP contribution >= 0.6 is 0 Å². The van der Waals surface area contributed by atoms with E-state index in [1.165, 1.54) is 13.1 Å². The number of carbonyl (C=O) groups is 1. The molecule has 3 fully saturated rings. The molecule has 3 heterocycles. The predicted octanol–water partition coefficient (Wildman–Crippen LogP) is 1.54. The Balaban J connectivity index is 1.87.